The monoisotopic (exact) mass is 190 g/mol. The molecule has 0 unspecified atom stereocenters. The lowest BCUT2D eigenvalue weighted by Crippen LogP contribution is -2.23. The van der Waals surface area contributed by atoms with Crippen molar-refractivity contribution in [1.82, 2.24) is 4.98 Å². The van der Waals surface area contributed by atoms with Gasteiger partial charge in [-0.1, -0.05) is 5.92 Å². The molecular weight excluding hydrogens is 182 g/mol. The Balaban J connectivity index is 2.62. The molecule has 0 amide bonds. The maximum atomic E-state index is 10.3. The average Bonchev–Trinajstić information content (AvgIpc) is 2.19. The van der Waals surface area contributed by atoms with Gasteiger partial charge in [0, 0.05) is 0 Å². The Morgan fingerprint density at radius 1 is 1.64 bits per heavy atom. The van der Waals surface area contributed by atoms with Crippen molar-refractivity contribution in [2.75, 3.05) is 6.61 Å². The maximum absolute atomic E-state index is 10.3. The van der Waals surface area contributed by atoms with E-state index >= 15 is 0 Å². The van der Waals surface area contributed by atoms with Crippen LogP contribution in [0.3, 0.4) is 0 Å². The fourth-order valence-electron chi connectivity index (χ4n) is 0.778. The first kappa shape index (κ1) is 10.1. The molecule has 0 N–H and O–H groups in total. The number of hydrogen-bond donors (Lipinski definition) is 0. The summed E-state index contributed by atoms with van der Waals surface area (Å²) in [5, 5.41) is 10.3. The van der Waals surface area contributed by atoms with Crippen molar-refractivity contribution in [2.45, 2.75) is 6.92 Å². The third-order valence-corrected chi connectivity index (χ3v) is 1.43. The van der Waals surface area contributed by atoms with Gasteiger partial charge in [-0.05, 0) is 19.1 Å². The lowest BCUT2D eigenvalue weighted by molar-refractivity contribution is -0.255. The fraction of sp³-hybridized carbons (Fsp3) is 0.200. The summed E-state index contributed by atoms with van der Waals surface area (Å²) < 4.78 is 5.13. The number of aromatic nitrogens is 1. The molecule has 0 saturated carbocycles. The highest BCUT2D eigenvalue weighted by Crippen LogP contribution is 2.07. The zero-order valence-electron chi connectivity index (χ0n) is 7.61. The first-order chi connectivity index (χ1) is 6.74. The van der Waals surface area contributed by atoms with Gasteiger partial charge in [-0.3, -0.25) is 4.98 Å². The number of carbonyl (C=O) groups is 1. The number of aromatic carboxylic acids is 1. The van der Waals surface area contributed by atoms with Crippen LogP contribution in [0.5, 0.6) is 5.75 Å². The molecule has 0 atom stereocenters. The minimum absolute atomic E-state index is 0.112. The topological polar surface area (TPSA) is 62.2 Å². The molecule has 72 valence electrons. The van der Waals surface area contributed by atoms with Gasteiger partial charge in [-0.2, -0.15) is 0 Å². The number of pyridine rings is 1. The van der Waals surface area contributed by atoms with E-state index in [1.165, 1.54) is 18.3 Å². The molecule has 0 spiro atoms. The Labute approximate surface area is 81.5 Å². The summed E-state index contributed by atoms with van der Waals surface area (Å²) >= 11 is 0. The predicted molar refractivity (Wildman–Crippen MR) is 47.5 cm³/mol. The highest BCUT2D eigenvalue weighted by Gasteiger charge is 1.96. The molecule has 0 radical (unpaired) electrons. The standard InChI is InChI=1S/C10H9NO3/c1-2-3-6-14-8-4-5-9(10(12)13)11-7-8/h4-5,7H,6H2,1H3,(H,12,13)/p-1. The van der Waals surface area contributed by atoms with Gasteiger partial charge < -0.3 is 14.6 Å². The van der Waals surface area contributed by atoms with E-state index in [1.807, 2.05) is 0 Å². The van der Waals surface area contributed by atoms with Crippen LogP contribution >= 0.6 is 0 Å². The number of carboxylic acids is 1. The number of carbonyl (C=O) groups excluding carboxylic acids is 1. The van der Waals surface area contributed by atoms with Crippen molar-refractivity contribution in [1.29, 1.82) is 0 Å². The second-order valence-corrected chi connectivity index (χ2v) is 2.38. The molecule has 1 heterocycles. The summed E-state index contributed by atoms with van der Waals surface area (Å²) in [5.41, 5.74) is -0.112. The number of hydrogen-bond acceptors (Lipinski definition) is 4. The van der Waals surface area contributed by atoms with Crippen LogP contribution in [-0.4, -0.2) is 17.6 Å². The summed E-state index contributed by atoms with van der Waals surface area (Å²) in [7, 11) is 0. The van der Waals surface area contributed by atoms with E-state index in [-0.39, 0.29) is 12.3 Å². The summed E-state index contributed by atoms with van der Waals surface area (Å²) in [5.74, 6) is 4.56. The highest BCUT2D eigenvalue weighted by atomic mass is 16.5. The lowest BCUT2D eigenvalue weighted by atomic mass is 10.3. The molecule has 0 aliphatic heterocycles. The highest BCUT2D eigenvalue weighted by molar-refractivity contribution is 5.83. The molecule has 1 aromatic rings. The molecule has 4 nitrogen and oxygen atoms in total. The van der Waals surface area contributed by atoms with Gasteiger partial charge >= 0.3 is 0 Å². The molecule has 4 heteroatoms. The Bertz CT molecular complexity index is 373. The molecule has 0 aromatic carbocycles. The van der Waals surface area contributed by atoms with Gasteiger partial charge in [-0.25, -0.2) is 0 Å². The fourth-order valence-corrected chi connectivity index (χ4v) is 0.778. The lowest BCUT2D eigenvalue weighted by Gasteiger charge is -2.03. The molecule has 1 rings (SSSR count). The Kier molecular flexibility index (Phi) is 3.50. The van der Waals surface area contributed by atoms with Crippen LogP contribution in [0.25, 0.3) is 0 Å². The van der Waals surface area contributed by atoms with Crippen LogP contribution in [0.1, 0.15) is 17.4 Å². The third-order valence-electron chi connectivity index (χ3n) is 1.43. The van der Waals surface area contributed by atoms with Crippen LogP contribution in [0.2, 0.25) is 0 Å². The second-order valence-electron chi connectivity index (χ2n) is 2.38. The van der Waals surface area contributed by atoms with E-state index in [1.54, 1.807) is 6.92 Å². The van der Waals surface area contributed by atoms with Crippen molar-refractivity contribution >= 4 is 5.97 Å². The Hall–Kier alpha value is -2.02. The minimum atomic E-state index is -1.30. The van der Waals surface area contributed by atoms with E-state index in [0.29, 0.717) is 5.75 Å². The Morgan fingerprint density at radius 3 is 2.93 bits per heavy atom. The van der Waals surface area contributed by atoms with Gasteiger partial charge in [0.15, 0.2) is 0 Å². The summed E-state index contributed by atoms with van der Waals surface area (Å²) in [6.45, 7) is 1.98. The molecule has 14 heavy (non-hydrogen) atoms. The zero-order chi connectivity index (χ0) is 10.4. The molecule has 0 aliphatic rings. The van der Waals surface area contributed by atoms with Gasteiger partial charge in [0.05, 0.1) is 17.9 Å². The first-order valence-corrected chi connectivity index (χ1v) is 3.94. The van der Waals surface area contributed by atoms with Crippen LogP contribution in [0, 0.1) is 11.8 Å². The minimum Gasteiger partial charge on any atom is -0.543 e. The van der Waals surface area contributed by atoms with Crippen molar-refractivity contribution < 1.29 is 14.6 Å². The Morgan fingerprint density at radius 2 is 2.43 bits per heavy atom. The molecule has 0 bridgehead atoms. The van der Waals surface area contributed by atoms with E-state index in [0.717, 1.165) is 0 Å². The van der Waals surface area contributed by atoms with Crippen molar-refractivity contribution in [3.05, 3.63) is 24.0 Å². The number of nitrogens with zero attached hydrogens (tertiary/aromatic N) is 1. The van der Waals surface area contributed by atoms with E-state index in [4.69, 9.17) is 4.74 Å². The molecule has 1 aromatic heterocycles. The van der Waals surface area contributed by atoms with E-state index in [9.17, 15) is 9.90 Å². The van der Waals surface area contributed by atoms with E-state index < -0.39 is 5.97 Å². The molecule has 0 aliphatic carbocycles. The van der Waals surface area contributed by atoms with Gasteiger partial charge in [-0.15, -0.1) is 5.92 Å². The van der Waals surface area contributed by atoms with Crippen molar-refractivity contribution in [2.24, 2.45) is 0 Å². The van der Waals surface area contributed by atoms with Gasteiger partial charge in [0.25, 0.3) is 0 Å². The number of carboxylic acid groups (broad SMARTS) is 1. The quantitative estimate of drug-likeness (QED) is 0.622. The van der Waals surface area contributed by atoms with Crippen molar-refractivity contribution in [3.63, 3.8) is 0 Å². The van der Waals surface area contributed by atoms with Crippen LogP contribution in [0.4, 0.5) is 0 Å². The van der Waals surface area contributed by atoms with E-state index in [2.05, 4.69) is 16.8 Å². The normalized spacial score (nSPS) is 8.64. The van der Waals surface area contributed by atoms with Gasteiger partial charge in [0.2, 0.25) is 0 Å². The molecule has 0 fully saturated rings. The van der Waals surface area contributed by atoms with Crippen LogP contribution in [-0.2, 0) is 0 Å². The van der Waals surface area contributed by atoms with Crippen LogP contribution < -0.4 is 9.84 Å². The van der Waals surface area contributed by atoms with Gasteiger partial charge in [0.1, 0.15) is 12.4 Å². The summed E-state index contributed by atoms with van der Waals surface area (Å²) in [4.78, 5) is 14.0. The largest absolute Gasteiger partial charge is 0.543 e. The second kappa shape index (κ2) is 4.87. The zero-order valence-corrected chi connectivity index (χ0v) is 7.61. The predicted octanol–water partition coefficient (Wildman–Crippen LogP) is -0.153. The third kappa shape index (κ3) is 2.79. The summed E-state index contributed by atoms with van der Waals surface area (Å²) in [6, 6.07) is 2.83. The maximum Gasteiger partial charge on any atom is 0.149 e. The SMILES string of the molecule is CC#CCOc1ccc(C(=O)[O-])nc1. The molecule has 0 saturated heterocycles. The van der Waals surface area contributed by atoms with Crippen molar-refractivity contribution in [3.8, 4) is 17.6 Å². The number of ether oxygens (including phenoxy) is 1. The average molecular weight is 190 g/mol. The first-order valence-electron chi connectivity index (χ1n) is 3.94. The van der Waals surface area contributed by atoms with Crippen LogP contribution in [0.15, 0.2) is 18.3 Å². The molecular formula is C10H8NO3-. The number of rotatable bonds is 3. The smallest absolute Gasteiger partial charge is 0.149 e. The summed E-state index contributed by atoms with van der Waals surface area (Å²) in [6.07, 6.45) is 1.32.